The number of aromatic nitrogens is 1. The second-order valence-electron chi connectivity index (χ2n) is 6.17. The topological polar surface area (TPSA) is 53.4 Å². The average Bonchev–Trinajstić information content (AvgIpc) is 2.26. The Morgan fingerprint density at radius 3 is 2.89 bits per heavy atom. The summed E-state index contributed by atoms with van der Waals surface area (Å²) in [5.41, 5.74) is 2.02. The van der Waals surface area contributed by atoms with E-state index in [-0.39, 0.29) is 5.41 Å². The third kappa shape index (κ3) is 3.13. The molecule has 4 nitrogen and oxygen atoms in total. The van der Waals surface area contributed by atoms with Crippen LogP contribution in [0.15, 0.2) is 18.5 Å². The van der Waals surface area contributed by atoms with E-state index in [9.17, 15) is 9.90 Å². The van der Waals surface area contributed by atoms with Crippen LogP contribution in [0.25, 0.3) is 0 Å². The molecule has 1 aromatic heterocycles. The van der Waals surface area contributed by atoms with Crippen molar-refractivity contribution in [3.05, 3.63) is 29.6 Å². The summed E-state index contributed by atoms with van der Waals surface area (Å²) in [6, 6.07) is 1.66. The fraction of sp³-hybridized carbons (Fsp3) is 0.600. The van der Waals surface area contributed by atoms with Crippen LogP contribution in [0.2, 0.25) is 0 Å². The van der Waals surface area contributed by atoms with E-state index in [1.165, 1.54) is 0 Å². The third-order valence-corrected chi connectivity index (χ3v) is 3.92. The molecule has 0 aromatic carbocycles. The molecule has 104 valence electrons. The maximum absolute atomic E-state index is 11.6. The van der Waals surface area contributed by atoms with E-state index >= 15 is 0 Å². The number of carbonyl (C=O) groups is 1. The van der Waals surface area contributed by atoms with Gasteiger partial charge in [-0.05, 0) is 42.9 Å². The van der Waals surface area contributed by atoms with E-state index in [1.807, 2.05) is 33.2 Å². The maximum atomic E-state index is 11.6. The van der Waals surface area contributed by atoms with E-state index in [4.69, 9.17) is 0 Å². The van der Waals surface area contributed by atoms with Gasteiger partial charge in [0, 0.05) is 18.9 Å². The van der Waals surface area contributed by atoms with Crippen molar-refractivity contribution in [1.29, 1.82) is 0 Å². The van der Waals surface area contributed by atoms with Gasteiger partial charge in [0.15, 0.2) is 0 Å². The first-order valence-corrected chi connectivity index (χ1v) is 6.77. The Hall–Kier alpha value is -1.42. The zero-order chi connectivity index (χ0) is 14.0. The molecular weight excluding hydrogens is 240 g/mol. The number of carboxylic acid groups (broad SMARTS) is 1. The Labute approximate surface area is 114 Å². The Morgan fingerprint density at radius 1 is 1.53 bits per heavy atom. The Bertz CT molecular complexity index is 471. The maximum Gasteiger partial charge on any atom is 0.321 e. The smallest absolute Gasteiger partial charge is 0.321 e. The number of hydrogen-bond donors (Lipinski definition) is 1. The van der Waals surface area contributed by atoms with E-state index in [0.717, 1.165) is 30.5 Å². The van der Waals surface area contributed by atoms with Crippen molar-refractivity contribution in [2.24, 2.45) is 5.41 Å². The second-order valence-corrected chi connectivity index (χ2v) is 6.17. The van der Waals surface area contributed by atoms with Crippen molar-refractivity contribution in [3.63, 3.8) is 0 Å². The molecule has 0 spiro atoms. The molecule has 1 atom stereocenters. The normalized spacial score (nSPS) is 23.2. The van der Waals surface area contributed by atoms with Crippen LogP contribution in [0.5, 0.6) is 0 Å². The van der Waals surface area contributed by atoms with Crippen molar-refractivity contribution in [2.75, 3.05) is 6.54 Å². The van der Waals surface area contributed by atoms with E-state index in [2.05, 4.69) is 16.0 Å². The number of piperidine rings is 1. The number of nitrogens with zero attached hydrogens (tertiary/aromatic N) is 2. The lowest BCUT2D eigenvalue weighted by molar-refractivity contribution is -0.151. The van der Waals surface area contributed by atoms with Crippen molar-refractivity contribution in [1.82, 2.24) is 9.88 Å². The summed E-state index contributed by atoms with van der Waals surface area (Å²) in [6.07, 6.45) is 5.66. The number of likely N-dealkylation sites (tertiary alicyclic amines) is 1. The van der Waals surface area contributed by atoms with Crippen LogP contribution in [-0.2, 0) is 11.3 Å². The summed E-state index contributed by atoms with van der Waals surface area (Å²) in [6.45, 7) is 7.60. The minimum Gasteiger partial charge on any atom is -0.480 e. The molecule has 1 aliphatic heterocycles. The van der Waals surface area contributed by atoms with Crippen LogP contribution >= 0.6 is 0 Å². The van der Waals surface area contributed by atoms with Gasteiger partial charge < -0.3 is 5.11 Å². The fourth-order valence-corrected chi connectivity index (χ4v) is 3.10. The molecule has 0 bridgehead atoms. The predicted octanol–water partition coefficient (Wildman–Crippen LogP) is 2.47. The van der Waals surface area contributed by atoms with Gasteiger partial charge in [0.1, 0.15) is 6.04 Å². The van der Waals surface area contributed by atoms with Gasteiger partial charge in [-0.2, -0.15) is 0 Å². The highest BCUT2D eigenvalue weighted by atomic mass is 16.4. The minimum atomic E-state index is -0.717. The second kappa shape index (κ2) is 5.29. The van der Waals surface area contributed by atoms with Gasteiger partial charge in [0.2, 0.25) is 0 Å². The Morgan fingerprint density at radius 2 is 2.26 bits per heavy atom. The highest BCUT2D eigenvalue weighted by Crippen LogP contribution is 2.36. The zero-order valence-electron chi connectivity index (χ0n) is 11.9. The summed E-state index contributed by atoms with van der Waals surface area (Å²) < 4.78 is 0. The molecule has 0 amide bonds. The van der Waals surface area contributed by atoms with Gasteiger partial charge in [0.05, 0.1) is 0 Å². The van der Waals surface area contributed by atoms with Gasteiger partial charge in [0.25, 0.3) is 0 Å². The first-order chi connectivity index (χ1) is 8.90. The van der Waals surface area contributed by atoms with Gasteiger partial charge in [-0.3, -0.25) is 14.7 Å². The number of pyridine rings is 1. The lowest BCUT2D eigenvalue weighted by Gasteiger charge is -2.44. The highest BCUT2D eigenvalue weighted by Gasteiger charge is 2.42. The fourth-order valence-electron chi connectivity index (χ4n) is 3.10. The molecule has 2 heterocycles. The third-order valence-electron chi connectivity index (χ3n) is 3.92. The first-order valence-electron chi connectivity index (χ1n) is 6.77. The molecule has 1 unspecified atom stereocenters. The minimum absolute atomic E-state index is 0.179. The molecule has 0 aliphatic carbocycles. The summed E-state index contributed by atoms with van der Waals surface area (Å²) in [5, 5.41) is 9.52. The summed E-state index contributed by atoms with van der Waals surface area (Å²) in [7, 11) is 0. The summed E-state index contributed by atoms with van der Waals surface area (Å²) >= 11 is 0. The van der Waals surface area contributed by atoms with Crippen LogP contribution in [0.3, 0.4) is 0 Å². The van der Waals surface area contributed by atoms with Crippen molar-refractivity contribution >= 4 is 5.97 Å². The lowest BCUT2D eigenvalue weighted by atomic mass is 9.76. The molecule has 0 saturated carbocycles. The van der Waals surface area contributed by atoms with Crippen molar-refractivity contribution in [3.8, 4) is 0 Å². The van der Waals surface area contributed by atoms with Crippen LogP contribution in [0.1, 0.15) is 37.8 Å². The molecule has 1 saturated heterocycles. The van der Waals surface area contributed by atoms with Crippen LogP contribution in [0, 0.1) is 12.3 Å². The SMILES string of the molecule is Cc1cncc(CN2CCCC(C)(C)C2C(=O)O)c1. The summed E-state index contributed by atoms with van der Waals surface area (Å²) in [5.74, 6) is -0.717. The number of aliphatic carboxylic acids is 1. The zero-order valence-corrected chi connectivity index (χ0v) is 11.9. The van der Waals surface area contributed by atoms with Crippen molar-refractivity contribution < 1.29 is 9.90 Å². The molecule has 2 rings (SSSR count). The average molecular weight is 262 g/mol. The first kappa shape index (κ1) is 14.0. The number of rotatable bonds is 3. The Kier molecular flexibility index (Phi) is 3.90. The van der Waals surface area contributed by atoms with Crippen LogP contribution in [-0.4, -0.2) is 33.5 Å². The van der Waals surface area contributed by atoms with Crippen LogP contribution in [0.4, 0.5) is 0 Å². The van der Waals surface area contributed by atoms with E-state index < -0.39 is 12.0 Å². The van der Waals surface area contributed by atoms with Crippen molar-refractivity contribution in [2.45, 2.75) is 46.2 Å². The molecule has 0 radical (unpaired) electrons. The molecule has 4 heteroatoms. The van der Waals surface area contributed by atoms with E-state index in [0.29, 0.717) is 6.54 Å². The number of carboxylic acids is 1. The highest BCUT2D eigenvalue weighted by molar-refractivity contribution is 5.74. The Balaban J connectivity index is 2.20. The van der Waals surface area contributed by atoms with Gasteiger partial charge in [-0.1, -0.05) is 19.9 Å². The molecule has 1 aliphatic rings. The van der Waals surface area contributed by atoms with E-state index in [1.54, 1.807) is 0 Å². The molecule has 1 aromatic rings. The predicted molar refractivity (Wildman–Crippen MR) is 73.8 cm³/mol. The van der Waals surface area contributed by atoms with Gasteiger partial charge in [-0.25, -0.2) is 0 Å². The largest absolute Gasteiger partial charge is 0.480 e. The standard InChI is InChI=1S/C15H22N2O2/c1-11-7-12(9-16-8-11)10-17-6-4-5-15(2,3)13(17)14(18)19/h7-9,13H,4-6,10H2,1-3H3,(H,18,19). The molecule has 1 fully saturated rings. The molecular formula is C15H22N2O2. The van der Waals surface area contributed by atoms with Crippen LogP contribution < -0.4 is 0 Å². The lowest BCUT2D eigenvalue weighted by Crippen LogP contribution is -2.53. The summed E-state index contributed by atoms with van der Waals surface area (Å²) in [4.78, 5) is 17.8. The monoisotopic (exact) mass is 262 g/mol. The number of aryl methyl sites for hydroxylation is 1. The number of hydrogen-bond acceptors (Lipinski definition) is 3. The quantitative estimate of drug-likeness (QED) is 0.909. The van der Waals surface area contributed by atoms with Gasteiger partial charge >= 0.3 is 5.97 Å². The molecule has 1 N–H and O–H groups in total. The molecule has 19 heavy (non-hydrogen) atoms. The van der Waals surface area contributed by atoms with Gasteiger partial charge in [-0.15, -0.1) is 0 Å².